The van der Waals surface area contributed by atoms with Gasteiger partial charge in [0.05, 0.1) is 19.7 Å². The van der Waals surface area contributed by atoms with Crippen LogP contribution in [0.3, 0.4) is 0 Å². The monoisotopic (exact) mass is 502 g/mol. The van der Waals surface area contributed by atoms with Crippen LogP contribution in [0, 0.1) is 0 Å². The molecule has 0 spiro atoms. The number of carbonyl (C=O) groups is 1. The SMILES string of the molecule is COc1ccc(C2c3ccccc3CCN2CC(=O)N(Cc2ccccc2)C2Cc3ccccc3C2)cc1. The molecule has 0 bridgehead atoms. The summed E-state index contributed by atoms with van der Waals surface area (Å²) in [5.74, 6) is 1.04. The molecule has 0 saturated heterocycles. The summed E-state index contributed by atoms with van der Waals surface area (Å²) in [5, 5.41) is 0. The number of ether oxygens (including phenoxy) is 1. The first-order valence-corrected chi connectivity index (χ1v) is 13.6. The van der Waals surface area contributed by atoms with Crippen LogP contribution in [0.1, 0.15) is 39.4 Å². The van der Waals surface area contributed by atoms with E-state index in [1.54, 1.807) is 7.11 Å². The van der Waals surface area contributed by atoms with Crippen molar-refractivity contribution in [3.63, 3.8) is 0 Å². The Balaban J connectivity index is 1.30. The van der Waals surface area contributed by atoms with E-state index in [-0.39, 0.29) is 18.0 Å². The molecule has 0 aromatic heterocycles. The Kier molecular flexibility index (Phi) is 6.98. The highest BCUT2D eigenvalue weighted by molar-refractivity contribution is 5.79. The number of nitrogens with zero attached hydrogens (tertiary/aromatic N) is 2. The van der Waals surface area contributed by atoms with Gasteiger partial charge in [0.2, 0.25) is 5.91 Å². The fourth-order valence-electron chi connectivity index (χ4n) is 6.19. The Bertz CT molecular complexity index is 1370. The van der Waals surface area contributed by atoms with Gasteiger partial charge in [-0.15, -0.1) is 0 Å². The van der Waals surface area contributed by atoms with Gasteiger partial charge in [-0.1, -0.05) is 91.0 Å². The summed E-state index contributed by atoms with van der Waals surface area (Å²) in [6.07, 6.45) is 2.78. The van der Waals surface area contributed by atoms with Crippen LogP contribution in [0.25, 0.3) is 0 Å². The number of hydrogen-bond donors (Lipinski definition) is 0. The number of hydrogen-bond acceptors (Lipinski definition) is 3. The Morgan fingerprint density at radius 1 is 0.816 bits per heavy atom. The molecule has 4 heteroatoms. The molecule has 0 radical (unpaired) electrons. The van der Waals surface area contributed by atoms with E-state index in [1.165, 1.54) is 33.4 Å². The van der Waals surface area contributed by atoms with Gasteiger partial charge in [-0.2, -0.15) is 0 Å². The summed E-state index contributed by atoms with van der Waals surface area (Å²) < 4.78 is 5.41. The number of rotatable bonds is 7. The van der Waals surface area contributed by atoms with Gasteiger partial charge in [0.25, 0.3) is 0 Å². The zero-order valence-corrected chi connectivity index (χ0v) is 21.9. The molecule has 38 heavy (non-hydrogen) atoms. The third-order valence-corrected chi connectivity index (χ3v) is 8.14. The van der Waals surface area contributed by atoms with Crippen molar-refractivity contribution in [2.75, 3.05) is 20.2 Å². The summed E-state index contributed by atoms with van der Waals surface area (Å²) >= 11 is 0. The average Bonchev–Trinajstić information content (AvgIpc) is 3.40. The summed E-state index contributed by atoms with van der Waals surface area (Å²) in [4.78, 5) is 18.7. The molecule has 0 saturated carbocycles. The van der Waals surface area contributed by atoms with E-state index in [0.717, 1.165) is 31.6 Å². The zero-order valence-electron chi connectivity index (χ0n) is 21.9. The molecule has 1 heterocycles. The topological polar surface area (TPSA) is 32.8 Å². The van der Waals surface area contributed by atoms with Gasteiger partial charge in [0.1, 0.15) is 5.75 Å². The highest BCUT2D eigenvalue weighted by Crippen LogP contribution is 2.36. The third kappa shape index (κ3) is 4.97. The van der Waals surface area contributed by atoms with Crippen LogP contribution in [-0.4, -0.2) is 41.9 Å². The van der Waals surface area contributed by atoms with E-state index in [0.29, 0.717) is 13.1 Å². The van der Waals surface area contributed by atoms with Crippen molar-refractivity contribution in [1.82, 2.24) is 9.80 Å². The van der Waals surface area contributed by atoms with Crippen molar-refractivity contribution in [3.05, 3.63) is 137 Å². The van der Waals surface area contributed by atoms with Crippen LogP contribution in [0.5, 0.6) is 5.75 Å². The summed E-state index contributed by atoms with van der Waals surface area (Å²) in [6, 6.07) is 36.2. The average molecular weight is 503 g/mol. The van der Waals surface area contributed by atoms with Crippen molar-refractivity contribution in [2.45, 2.75) is 37.9 Å². The second-order valence-corrected chi connectivity index (χ2v) is 10.4. The van der Waals surface area contributed by atoms with Gasteiger partial charge >= 0.3 is 0 Å². The number of benzene rings is 4. The molecule has 1 amide bonds. The third-order valence-electron chi connectivity index (χ3n) is 8.14. The van der Waals surface area contributed by atoms with Gasteiger partial charge in [-0.3, -0.25) is 9.69 Å². The Morgan fingerprint density at radius 2 is 1.45 bits per heavy atom. The summed E-state index contributed by atoms with van der Waals surface area (Å²) in [7, 11) is 1.69. The van der Waals surface area contributed by atoms with Crippen LogP contribution >= 0.6 is 0 Å². The molecule has 1 atom stereocenters. The Labute approximate surface area is 225 Å². The number of methoxy groups -OCH3 is 1. The lowest BCUT2D eigenvalue weighted by atomic mass is 9.88. The van der Waals surface area contributed by atoms with E-state index < -0.39 is 0 Å². The largest absolute Gasteiger partial charge is 0.497 e. The van der Waals surface area contributed by atoms with Crippen LogP contribution in [0.2, 0.25) is 0 Å². The van der Waals surface area contributed by atoms with Gasteiger partial charge < -0.3 is 9.64 Å². The van der Waals surface area contributed by atoms with E-state index in [4.69, 9.17) is 4.74 Å². The van der Waals surface area contributed by atoms with Crippen molar-refractivity contribution in [3.8, 4) is 5.75 Å². The number of amides is 1. The van der Waals surface area contributed by atoms with E-state index in [1.807, 2.05) is 18.2 Å². The lowest BCUT2D eigenvalue weighted by Gasteiger charge is -2.39. The van der Waals surface area contributed by atoms with Crippen LogP contribution < -0.4 is 4.74 Å². The molecule has 6 rings (SSSR count). The van der Waals surface area contributed by atoms with Gasteiger partial charge in [0, 0.05) is 19.1 Å². The van der Waals surface area contributed by atoms with Gasteiger partial charge in [-0.05, 0) is 64.8 Å². The van der Waals surface area contributed by atoms with Crippen molar-refractivity contribution < 1.29 is 9.53 Å². The molecule has 4 aromatic carbocycles. The normalized spacial score (nSPS) is 17.0. The Hall–Kier alpha value is -3.89. The van der Waals surface area contributed by atoms with Crippen molar-refractivity contribution in [1.29, 1.82) is 0 Å². The number of fused-ring (bicyclic) bond motifs is 2. The molecular formula is C34H34N2O2. The molecule has 0 N–H and O–H groups in total. The predicted molar refractivity (Wildman–Crippen MR) is 151 cm³/mol. The van der Waals surface area contributed by atoms with Gasteiger partial charge in [-0.25, -0.2) is 0 Å². The zero-order chi connectivity index (χ0) is 25.9. The number of carbonyl (C=O) groups excluding carboxylic acids is 1. The lowest BCUT2D eigenvalue weighted by Crippen LogP contribution is -2.48. The lowest BCUT2D eigenvalue weighted by molar-refractivity contribution is -0.135. The van der Waals surface area contributed by atoms with E-state index >= 15 is 0 Å². The summed E-state index contributed by atoms with van der Waals surface area (Å²) in [5.41, 5.74) is 7.75. The highest BCUT2D eigenvalue weighted by Gasteiger charge is 2.34. The first-order valence-electron chi connectivity index (χ1n) is 13.6. The van der Waals surface area contributed by atoms with E-state index in [9.17, 15) is 4.79 Å². The molecule has 1 aliphatic heterocycles. The smallest absolute Gasteiger partial charge is 0.237 e. The summed E-state index contributed by atoms with van der Waals surface area (Å²) in [6.45, 7) is 1.88. The second kappa shape index (κ2) is 10.8. The quantitative estimate of drug-likeness (QED) is 0.318. The second-order valence-electron chi connectivity index (χ2n) is 10.4. The van der Waals surface area contributed by atoms with Crippen molar-refractivity contribution in [2.24, 2.45) is 0 Å². The fraction of sp³-hybridized carbons (Fsp3) is 0.265. The molecule has 0 fully saturated rings. The Morgan fingerprint density at radius 3 is 2.13 bits per heavy atom. The fourth-order valence-corrected chi connectivity index (χ4v) is 6.19. The van der Waals surface area contributed by atoms with Crippen molar-refractivity contribution >= 4 is 5.91 Å². The maximum absolute atomic E-state index is 14.2. The molecule has 1 unspecified atom stereocenters. The van der Waals surface area contributed by atoms with Gasteiger partial charge in [0.15, 0.2) is 0 Å². The minimum absolute atomic E-state index is 0.0363. The predicted octanol–water partition coefficient (Wildman–Crippen LogP) is 5.84. The standard InChI is InChI=1S/C34H34N2O2/c1-38-31-17-15-27(16-18-31)34-32-14-8-7-11-26(32)19-20-35(34)24-33(37)36(23-25-9-3-2-4-10-25)30-21-28-12-5-6-13-29(28)22-30/h2-18,30,34H,19-24H2,1H3. The van der Waals surface area contributed by atoms with E-state index in [2.05, 4.69) is 94.7 Å². The molecular weight excluding hydrogens is 468 g/mol. The molecule has 1 aliphatic carbocycles. The molecule has 4 nitrogen and oxygen atoms in total. The highest BCUT2D eigenvalue weighted by atomic mass is 16.5. The molecule has 192 valence electrons. The maximum Gasteiger partial charge on any atom is 0.237 e. The molecule has 4 aromatic rings. The molecule has 2 aliphatic rings. The maximum atomic E-state index is 14.2. The van der Waals surface area contributed by atoms with Crippen LogP contribution in [-0.2, 0) is 30.6 Å². The first-order chi connectivity index (χ1) is 18.7. The minimum Gasteiger partial charge on any atom is -0.497 e. The first kappa shape index (κ1) is 24.4. The van der Waals surface area contributed by atoms with Crippen LogP contribution in [0.15, 0.2) is 103 Å². The minimum atomic E-state index is 0.0363. The van der Waals surface area contributed by atoms with Crippen LogP contribution in [0.4, 0.5) is 0 Å².